The molecule has 0 fully saturated rings. The second kappa shape index (κ2) is 13.1. The molecule has 2 aromatic rings. The summed E-state index contributed by atoms with van der Waals surface area (Å²) in [5.41, 5.74) is 2.05. The quantitative estimate of drug-likeness (QED) is 0.434. The van der Waals surface area contributed by atoms with E-state index in [1.165, 1.54) is 0 Å². The first-order chi connectivity index (χ1) is 13.0. The monoisotopic (exact) mass is 447 g/mol. The van der Waals surface area contributed by atoms with Gasteiger partial charge >= 0.3 is 0 Å². The van der Waals surface area contributed by atoms with Crippen molar-refractivity contribution in [3.05, 3.63) is 57.6 Å². The summed E-state index contributed by atoms with van der Waals surface area (Å²) < 4.78 is 16.9. The van der Waals surface area contributed by atoms with Crippen molar-refractivity contribution in [2.75, 3.05) is 20.3 Å². The molecule has 7 heteroatoms. The highest BCUT2D eigenvalue weighted by atomic mass is 35.5. The molecule has 0 radical (unpaired) electrons. The van der Waals surface area contributed by atoms with Gasteiger partial charge in [-0.3, -0.25) is 0 Å². The van der Waals surface area contributed by atoms with Gasteiger partial charge in [0.25, 0.3) is 0 Å². The van der Waals surface area contributed by atoms with Crippen LogP contribution in [0.15, 0.2) is 36.4 Å². The highest BCUT2D eigenvalue weighted by molar-refractivity contribution is 6.32. The number of halogens is 3. The summed E-state index contributed by atoms with van der Waals surface area (Å²) in [6, 6.07) is 11.4. The Morgan fingerprint density at radius 2 is 1.75 bits per heavy atom. The van der Waals surface area contributed by atoms with Crippen LogP contribution in [0.4, 0.5) is 0 Å². The van der Waals surface area contributed by atoms with Crippen molar-refractivity contribution in [1.82, 2.24) is 5.32 Å². The van der Waals surface area contributed by atoms with Crippen LogP contribution in [0.3, 0.4) is 0 Å². The molecule has 0 saturated heterocycles. The zero-order valence-corrected chi connectivity index (χ0v) is 18.8. The van der Waals surface area contributed by atoms with E-state index < -0.39 is 0 Å². The van der Waals surface area contributed by atoms with E-state index in [0.29, 0.717) is 34.7 Å². The normalized spacial score (nSPS) is 10.6. The average molecular weight is 449 g/mol. The van der Waals surface area contributed by atoms with Crippen molar-refractivity contribution >= 4 is 35.6 Å². The number of hydrogen-bond acceptors (Lipinski definition) is 4. The first-order valence-corrected chi connectivity index (χ1v) is 9.81. The van der Waals surface area contributed by atoms with E-state index in [4.69, 9.17) is 37.4 Å². The fourth-order valence-corrected chi connectivity index (χ4v) is 2.91. The fraction of sp³-hybridized carbons (Fsp3) is 0.429. The maximum Gasteiger partial charge on any atom is 0.180 e. The smallest absolute Gasteiger partial charge is 0.180 e. The topological polar surface area (TPSA) is 39.7 Å². The van der Waals surface area contributed by atoms with E-state index in [9.17, 15) is 0 Å². The van der Waals surface area contributed by atoms with E-state index >= 15 is 0 Å². The van der Waals surface area contributed by atoms with Gasteiger partial charge < -0.3 is 19.5 Å². The molecule has 0 unspecified atom stereocenters. The Hall–Kier alpha value is -1.17. The summed E-state index contributed by atoms with van der Waals surface area (Å²) in [5.74, 6) is 1.17. The third kappa shape index (κ3) is 8.46. The molecular weight excluding hydrogens is 421 g/mol. The van der Waals surface area contributed by atoms with Gasteiger partial charge in [-0.2, -0.15) is 0 Å². The maximum absolute atomic E-state index is 6.43. The zero-order valence-electron chi connectivity index (χ0n) is 16.5. The number of ether oxygens (including phenoxy) is 3. The summed E-state index contributed by atoms with van der Waals surface area (Å²) in [6.07, 6.45) is 1.24. The Morgan fingerprint density at radius 1 is 1.04 bits per heavy atom. The number of hydrogen-bond donors (Lipinski definition) is 1. The van der Waals surface area contributed by atoms with Crippen LogP contribution in [-0.2, 0) is 17.9 Å². The van der Waals surface area contributed by atoms with Crippen LogP contribution >= 0.6 is 35.6 Å². The van der Waals surface area contributed by atoms with Gasteiger partial charge in [-0.25, -0.2) is 0 Å². The summed E-state index contributed by atoms with van der Waals surface area (Å²) in [4.78, 5) is 0. The van der Waals surface area contributed by atoms with Crippen LogP contribution in [0.25, 0.3) is 0 Å². The largest absolute Gasteiger partial charge is 0.493 e. The first-order valence-electron chi connectivity index (χ1n) is 9.05. The molecule has 2 rings (SSSR count). The van der Waals surface area contributed by atoms with Crippen molar-refractivity contribution in [1.29, 1.82) is 0 Å². The molecule has 0 aromatic heterocycles. The third-order valence-corrected chi connectivity index (χ3v) is 4.40. The highest BCUT2D eigenvalue weighted by Gasteiger charge is 2.12. The fourth-order valence-electron chi connectivity index (χ4n) is 2.50. The minimum absolute atomic E-state index is 0. The van der Waals surface area contributed by atoms with Gasteiger partial charge in [0, 0.05) is 18.2 Å². The van der Waals surface area contributed by atoms with Gasteiger partial charge in [0.05, 0.1) is 18.2 Å². The van der Waals surface area contributed by atoms with Gasteiger partial charge in [-0.15, -0.1) is 12.4 Å². The Morgan fingerprint density at radius 3 is 2.39 bits per heavy atom. The minimum atomic E-state index is 0. The third-order valence-electron chi connectivity index (χ3n) is 3.86. The van der Waals surface area contributed by atoms with Crippen LogP contribution < -0.4 is 14.8 Å². The lowest BCUT2D eigenvalue weighted by Crippen LogP contribution is -2.17. The van der Waals surface area contributed by atoms with Crippen molar-refractivity contribution in [2.45, 2.75) is 39.5 Å². The van der Waals surface area contributed by atoms with Gasteiger partial charge in [-0.1, -0.05) is 35.3 Å². The van der Waals surface area contributed by atoms with Crippen LogP contribution in [0.2, 0.25) is 10.0 Å². The van der Waals surface area contributed by atoms with Gasteiger partial charge in [-0.05, 0) is 62.2 Å². The lowest BCUT2D eigenvalue weighted by atomic mass is 10.2. The van der Waals surface area contributed by atoms with Gasteiger partial charge in [0.15, 0.2) is 11.5 Å². The maximum atomic E-state index is 6.43. The van der Waals surface area contributed by atoms with Crippen molar-refractivity contribution in [3.63, 3.8) is 0 Å². The lowest BCUT2D eigenvalue weighted by Gasteiger charge is -2.15. The number of rotatable bonds is 11. The van der Waals surface area contributed by atoms with Crippen molar-refractivity contribution in [3.8, 4) is 11.5 Å². The summed E-state index contributed by atoms with van der Waals surface area (Å²) in [6.45, 7) is 6.81. The lowest BCUT2D eigenvalue weighted by molar-refractivity contribution is 0.0770. The average Bonchev–Trinajstić information content (AvgIpc) is 2.64. The Kier molecular flexibility index (Phi) is 11.7. The summed E-state index contributed by atoms with van der Waals surface area (Å²) >= 11 is 12.3. The molecule has 0 heterocycles. The molecule has 156 valence electrons. The molecule has 4 nitrogen and oxygen atoms in total. The molecule has 0 atom stereocenters. The Labute approximate surface area is 183 Å². The molecule has 0 spiro atoms. The van der Waals surface area contributed by atoms with E-state index in [-0.39, 0.29) is 18.5 Å². The molecule has 0 aliphatic heterocycles. The zero-order chi connectivity index (χ0) is 19.6. The molecule has 1 N–H and O–H groups in total. The van der Waals surface area contributed by atoms with E-state index in [1.54, 1.807) is 7.11 Å². The summed E-state index contributed by atoms with van der Waals surface area (Å²) in [7, 11) is 1.61. The van der Waals surface area contributed by atoms with Gasteiger partial charge in [0.2, 0.25) is 0 Å². The SMILES string of the molecule is COc1cc(CNCCCOC(C)C)cc(Cl)c1OCc1ccc(Cl)cc1.Cl. The standard InChI is InChI=1S/C21H27Cl2NO3.ClH/c1-15(2)26-10-4-9-24-13-17-11-19(23)21(20(12-17)25-3)27-14-16-5-7-18(22)8-6-16;/h5-8,11-12,15,24H,4,9-10,13-14H2,1-3H3;1H. The molecule has 0 bridgehead atoms. The molecule has 0 amide bonds. The van der Waals surface area contributed by atoms with E-state index in [0.717, 1.165) is 30.7 Å². The first kappa shape index (κ1) is 24.9. The van der Waals surface area contributed by atoms with E-state index in [1.807, 2.05) is 50.2 Å². The van der Waals surface area contributed by atoms with Crippen molar-refractivity contribution < 1.29 is 14.2 Å². The molecule has 2 aromatic carbocycles. The molecular formula is C21H28Cl3NO3. The highest BCUT2D eigenvalue weighted by Crippen LogP contribution is 2.37. The molecule has 28 heavy (non-hydrogen) atoms. The van der Waals surface area contributed by atoms with Crippen LogP contribution in [-0.4, -0.2) is 26.4 Å². The number of benzene rings is 2. The Balaban J connectivity index is 0.00000392. The van der Waals surface area contributed by atoms with E-state index in [2.05, 4.69) is 5.32 Å². The van der Waals surface area contributed by atoms with Crippen LogP contribution in [0, 0.1) is 0 Å². The van der Waals surface area contributed by atoms with Crippen molar-refractivity contribution in [2.24, 2.45) is 0 Å². The van der Waals surface area contributed by atoms with Gasteiger partial charge in [0.1, 0.15) is 6.61 Å². The molecule has 0 aliphatic carbocycles. The predicted octanol–water partition coefficient (Wildman–Crippen LogP) is 5.91. The predicted molar refractivity (Wildman–Crippen MR) is 118 cm³/mol. The minimum Gasteiger partial charge on any atom is -0.493 e. The molecule has 0 aliphatic rings. The Bertz CT molecular complexity index is 709. The second-order valence-corrected chi connectivity index (χ2v) is 7.32. The second-order valence-electron chi connectivity index (χ2n) is 6.47. The van der Waals surface area contributed by atoms with Crippen LogP contribution in [0.5, 0.6) is 11.5 Å². The molecule has 0 saturated carbocycles. The number of methoxy groups -OCH3 is 1. The summed E-state index contributed by atoms with van der Waals surface area (Å²) in [5, 5.41) is 4.62. The number of nitrogens with one attached hydrogen (secondary N) is 1. The van der Waals surface area contributed by atoms with Crippen LogP contribution in [0.1, 0.15) is 31.4 Å².